The van der Waals surface area contributed by atoms with E-state index in [9.17, 15) is 25.0 Å². The van der Waals surface area contributed by atoms with Gasteiger partial charge >= 0.3 is 5.69 Å². The molecule has 2 aromatic carbocycles. The molecule has 9 nitrogen and oxygen atoms in total. The Labute approximate surface area is 146 Å². The molecule has 1 amide bonds. The number of hydrogen-bond donors (Lipinski definition) is 1. The number of nitrogens with one attached hydrogen (secondary N) is 1. The van der Waals surface area contributed by atoms with Crippen molar-refractivity contribution in [2.24, 2.45) is 0 Å². The Bertz CT molecular complexity index is 855. The number of amides is 1. The number of carbonyl (C=O) groups is 1. The van der Waals surface area contributed by atoms with E-state index >= 15 is 0 Å². The molecule has 0 bridgehead atoms. The molecule has 0 aliphatic carbocycles. The van der Waals surface area contributed by atoms with Gasteiger partial charge in [0.1, 0.15) is 0 Å². The Morgan fingerprint density at radius 1 is 1.16 bits per heavy atom. The summed E-state index contributed by atoms with van der Waals surface area (Å²) in [5, 5.41) is 24.2. The number of nitrogens with zero attached hydrogens (tertiary/aromatic N) is 2. The molecule has 0 aliphatic heterocycles. The van der Waals surface area contributed by atoms with Crippen LogP contribution in [0.25, 0.3) is 0 Å². The number of rotatable bonds is 6. The van der Waals surface area contributed by atoms with Gasteiger partial charge in [-0.2, -0.15) is 0 Å². The Morgan fingerprint density at radius 3 is 2.52 bits per heavy atom. The van der Waals surface area contributed by atoms with E-state index in [1.54, 1.807) is 13.0 Å². The first-order valence-corrected chi connectivity index (χ1v) is 7.27. The van der Waals surface area contributed by atoms with Crippen molar-refractivity contribution < 1.29 is 19.4 Å². The first-order valence-electron chi connectivity index (χ1n) is 6.89. The minimum Gasteiger partial charge on any atom is -0.477 e. The van der Waals surface area contributed by atoms with Crippen LogP contribution in [0.4, 0.5) is 17.1 Å². The van der Waals surface area contributed by atoms with Gasteiger partial charge in [-0.15, -0.1) is 0 Å². The van der Waals surface area contributed by atoms with E-state index in [4.69, 9.17) is 16.3 Å². The highest BCUT2D eigenvalue weighted by atomic mass is 35.5. The highest BCUT2D eigenvalue weighted by Crippen LogP contribution is 2.28. The first-order chi connectivity index (χ1) is 11.8. The number of benzene rings is 2. The molecule has 2 aromatic rings. The lowest BCUT2D eigenvalue weighted by molar-refractivity contribution is -0.385. The van der Waals surface area contributed by atoms with Crippen LogP contribution in [-0.4, -0.2) is 22.4 Å². The maximum Gasteiger partial charge on any atom is 0.310 e. The summed E-state index contributed by atoms with van der Waals surface area (Å²) < 4.78 is 5.20. The molecule has 25 heavy (non-hydrogen) atoms. The molecule has 10 heteroatoms. The third kappa shape index (κ3) is 4.64. The van der Waals surface area contributed by atoms with Crippen molar-refractivity contribution in [3.63, 3.8) is 0 Å². The number of ether oxygens (including phenoxy) is 1. The minimum atomic E-state index is -0.668. The molecule has 2 rings (SSSR count). The van der Waals surface area contributed by atoms with Crippen LogP contribution >= 0.6 is 11.6 Å². The maximum absolute atomic E-state index is 12.0. The SMILES string of the molecule is Cc1ccc([N+](=O)[O-])c(OCC(=O)Nc2cc([N+](=O)[O-])ccc2Cl)c1. The van der Waals surface area contributed by atoms with Gasteiger partial charge in [0.25, 0.3) is 11.6 Å². The fourth-order valence-corrected chi connectivity index (χ4v) is 2.10. The normalized spacial score (nSPS) is 10.2. The molecule has 0 spiro atoms. The number of nitro benzene ring substituents is 2. The maximum atomic E-state index is 12.0. The summed E-state index contributed by atoms with van der Waals surface area (Å²) >= 11 is 5.88. The van der Waals surface area contributed by atoms with Crippen LogP contribution in [0.3, 0.4) is 0 Å². The van der Waals surface area contributed by atoms with E-state index in [0.717, 1.165) is 11.6 Å². The molecule has 0 saturated carbocycles. The number of nitro groups is 2. The van der Waals surface area contributed by atoms with E-state index in [1.165, 1.54) is 24.3 Å². The second kappa shape index (κ2) is 7.58. The molecule has 0 heterocycles. The van der Waals surface area contributed by atoms with Gasteiger partial charge in [0, 0.05) is 18.2 Å². The van der Waals surface area contributed by atoms with Crippen molar-refractivity contribution in [2.45, 2.75) is 6.92 Å². The zero-order valence-corrected chi connectivity index (χ0v) is 13.6. The summed E-state index contributed by atoms with van der Waals surface area (Å²) in [6.07, 6.45) is 0. The highest BCUT2D eigenvalue weighted by Gasteiger charge is 2.17. The number of anilines is 1. The van der Waals surface area contributed by atoms with Crippen LogP contribution in [0.1, 0.15) is 5.56 Å². The average Bonchev–Trinajstić information content (AvgIpc) is 2.54. The Balaban J connectivity index is 2.09. The second-order valence-electron chi connectivity index (χ2n) is 4.99. The van der Waals surface area contributed by atoms with Crippen LogP contribution in [0, 0.1) is 27.2 Å². The molecular formula is C15H12ClN3O6. The van der Waals surface area contributed by atoms with E-state index in [0.29, 0.717) is 0 Å². The van der Waals surface area contributed by atoms with Gasteiger partial charge in [-0.3, -0.25) is 25.0 Å². The molecule has 0 atom stereocenters. The zero-order valence-electron chi connectivity index (χ0n) is 12.9. The first kappa shape index (κ1) is 18.1. The fraction of sp³-hybridized carbons (Fsp3) is 0.133. The standard InChI is InChI=1S/C15H12ClN3O6/c1-9-2-5-13(19(23)24)14(6-9)25-8-15(20)17-12-7-10(18(21)22)3-4-11(12)16/h2-7H,8H2,1H3,(H,17,20). The Hall–Kier alpha value is -3.20. The van der Waals surface area contributed by atoms with Gasteiger partial charge in [0.05, 0.1) is 20.6 Å². The predicted octanol–water partition coefficient (Wildman–Crippen LogP) is 3.48. The van der Waals surface area contributed by atoms with Gasteiger partial charge in [-0.1, -0.05) is 17.7 Å². The Morgan fingerprint density at radius 2 is 1.88 bits per heavy atom. The van der Waals surface area contributed by atoms with Gasteiger partial charge in [0.2, 0.25) is 0 Å². The van der Waals surface area contributed by atoms with E-state index in [-0.39, 0.29) is 27.8 Å². The summed E-state index contributed by atoms with van der Waals surface area (Å²) in [6.45, 7) is 1.20. The summed E-state index contributed by atoms with van der Waals surface area (Å²) in [4.78, 5) is 32.4. The van der Waals surface area contributed by atoms with Crippen molar-refractivity contribution in [1.29, 1.82) is 0 Å². The third-order valence-electron chi connectivity index (χ3n) is 3.11. The lowest BCUT2D eigenvalue weighted by Gasteiger charge is -2.09. The predicted molar refractivity (Wildman–Crippen MR) is 90.1 cm³/mol. The summed E-state index contributed by atoms with van der Waals surface area (Å²) in [5.74, 6) is -0.719. The van der Waals surface area contributed by atoms with Gasteiger partial charge in [0.15, 0.2) is 12.4 Å². The van der Waals surface area contributed by atoms with Crippen molar-refractivity contribution >= 4 is 34.6 Å². The topological polar surface area (TPSA) is 125 Å². The molecular weight excluding hydrogens is 354 g/mol. The average molecular weight is 366 g/mol. The summed E-state index contributed by atoms with van der Waals surface area (Å²) in [7, 11) is 0. The fourth-order valence-electron chi connectivity index (χ4n) is 1.94. The van der Waals surface area contributed by atoms with E-state index in [2.05, 4.69) is 5.32 Å². The quantitative estimate of drug-likeness (QED) is 0.617. The number of carbonyl (C=O) groups excluding carboxylic acids is 1. The number of aryl methyl sites for hydroxylation is 1. The molecule has 0 unspecified atom stereocenters. The van der Waals surface area contributed by atoms with Gasteiger partial charge in [-0.25, -0.2) is 0 Å². The van der Waals surface area contributed by atoms with Crippen molar-refractivity contribution in [2.75, 3.05) is 11.9 Å². The smallest absolute Gasteiger partial charge is 0.310 e. The number of halogens is 1. The summed E-state index contributed by atoms with van der Waals surface area (Å²) in [6, 6.07) is 7.85. The molecule has 0 radical (unpaired) electrons. The number of non-ortho nitro benzene ring substituents is 1. The van der Waals surface area contributed by atoms with Crippen LogP contribution in [0.15, 0.2) is 36.4 Å². The molecule has 0 saturated heterocycles. The minimum absolute atomic E-state index is 0.0446. The van der Waals surface area contributed by atoms with Crippen LogP contribution in [-0.2, 0) is 4.79 Å². The lowest BCUT2D eigenvalue weighted by atomic mass is 10.2. The molecule has 0 aromatic heterocycles. The lowest BCUT2D eigenvalue weighted by Crippen LogP contribution is -2.20. The molecule has 1 N–H and O–H groups in total. The highest BCUT2D eigenvalue weighted by molar-refractivity contribution is 6.33. The summed E-state index contributed by atoms with van der Waals surface area (Å²) in [5.41, 5.74) is 0.257. The molecule has 0 fully saturated rings. The molecule has 130 valence electrons. The number of hydrogen-bond acceptors (Lipinski definition) is 6. The second-order valence-corrected chi connectivity index (χ2v) is 5.39. The zero-order chi connectivity index (χ0) is 18.6. The Kier molecular flexibility index (Phi) is 5.50. The van der Waals surface area contributed by atoms with Gasteiger partial charge < -0.3 is 10.1 Å². The van der Waals surface area contributed by atoms with Crippen LogP contribution in [0.2, 0.25) is 5.02 Å². The van der Waals surface area contributed by atoms with E-state index in [1.807, 2.05) is 0 Å². The van der Waals surface area contributed by atoms with Crippen molar-refractivity contribution in [1.82, 2.24) is 0 Å². The van der Waals surface area contributed by atoms with Crippen molar-refractivity contribution in [3.8, 4) is 5.75 Å². The van der Waals surface area contributed by atoms with Crippen LogP contribution in [0.5, 0.6) is 5.75 Å². The van der Waals surface area contributed by atoms with Crippen LogP contribution < -0.4 is 10.1 Å². The monoisotopic (exact) mass is 365 g/mol. The van der Waals surface area contributed by atoms with E-state index < -0.39 is 22.4 Å². The van der Waals surface area contributed by atoms with Gasteiger partial charge in [-0.05, 0) is 24.6 Å². The largest absolute Gasteiger partial charge is 0.477 e. The third-order valence-corrected chi connectivity index (χ3v) is 3.44. The molecule has 0 aliphatic rings. The van der Waals surface area contributed by atoms with Crippen molar-refractivity contribution in [3.05, 3.63) is 67.2 Å².